The predicted molar refractivity (Wildman–Crippen MR) is 97.5 cm³/mol. The number of unbranched alkanes of at least 4 members (excludes halogenated alkanes) is 1. The van der Waals surface area contributed by atoms with Crippen molar-refractivity contribution >= 4 is 17.9 Å². The molecule has 0 atom stereocenters. The van der Waals surface area contributed by atoms with Crippen LogP contribution in [0.5, 0.6) is 0 Å². The number of rotatable bonds is 8. The Hall–Kier alpha value is -3.23. The SMILES string of the molecule is CCCCNC(=O)NC(=O)COC(=O)c1cnn(-c2ccccn2)c1CC. The molecule has 0 unspecified atom stereocenters. The number of esters is 1. The minimum atomic E-state index is -0.701. The van der Waals surface area contributed by atoms with Gasteiger partial charge in [0.25, 0.3) is 5.91 Å². The number of urea groups is 1. The largest absolute Gasteiger partial charge is 0.452 e. The van der Waals surface area contributed by atoms with Gasteiger partial charge in [0.2, 0.25) is 0 Å². The highest BCUT2D eigenvalue weighted by atomic mass is 16.5. The molecule has 0 spiro atoms. The minimum Gasteiger partial charge on any atom is -0.452 e. The highest BCUT2D eigenvalue weighted by molar-refractivity contribution is 5.97. The Balaban J connectivity index is 1.93. The molecule has 0 aliphatic rings. The summed E-state index contributed by atoms with van der Waals surface area (Å²) < 4.78 is 6.56. The number of hydrogen-bond acceptors (Lipinski definition) is 6. The molecular formula is C18H23N5O4. The second-order valence-electron chi connectivity index (χ2n) is 5.69. The lowest BCUT2D eigenvalue weighted by atomic mass is 10.2. The van der Waals surface area contributed by atoms with E-state index in [2.05, 4.69) is 20.7 Å². The van der Waals surface area contributed by atoms with Gasteiger partial charge in [-0.3, -0.25) is 10.1 Å². The molecule has 0 fully saturated rings. The number of pyridine rings is 1. The molecule has 0 radical (unpaired) electrons. The first-order valence-corrected chi connectivity index (χ1v) is 8.79. The van der Waals surface area contributed by atoms with E-state index in [0.717, 1.165) is 12.8 Å². The zero-order valence-electron chi connectivity index (χ0n) is 15.4. The van der Waals surface area contributed by atoms with Crippen molar-refractivity contribution in [2.75, 3.05) is 13.2 Å². The van der Waals surface area contributed by atoms with E-state index in [9.17, 15) is 14.4 Å². The van der Waals surface area contributed by atoms with Gasteiger partial charge >= 0.3 is 12.0 Å². The summed E-state index contributed by atoms with van der Waals surface area (Å²) in [4.78, 5) is 39.7. The summed E-state index contributed by atoms with van der Waals surface area (Å²) in [5.41, 5.74) is 0.875. The van der Waals surface area contributed by atoms with Gasteiger partial charge in [-0.15, -0.1) is 0 Å². The van der Waals surface area contributed by atoms with E-state index in [1.165, 1.54) is 6.20 Å². The average molecular weight is 373 g/mol. The number of nitrogens with zero attached hydrogens (tertiary/aromatic N) is 3. The van der Waals surface area contributed by atoms with E-state index in [1.807, 2.05) is 19.9 Å². The van der Waals surface area contributed by atoms with Crippen LogP contribution in [0.3, 0.4) is 0 Å². The van der Waals surface area contributed by atoms with Crippen LogP contribution in [0, 0.1) is 0 Å². The van der Waals surface area contributed by atoms with Gasteiger partial charge in [-0.05, 0) is 25.0 Å². The lowest BCUT2D eigenvalue weighted by molar-refractivity contribution is -0.123. The lowest BCUT2D eigenvalue weighted by Crippen LogP contribution is -2.41. The normalized spacial score (nSPS) is 10.3. The second kappa shape index (κ2) is 10.0. The number of carbonyl (C=O) groups is 3. The molecule has 0 saturated carbocycles. The molecule has 0 saturated heterocycles. The molecule has 9 heteroatoms. The van der Waals surface area contributed by atoms with E-state index in [1.54, 1.807) is 23.0 Å². The molecule has 9 nitrogen and oxygen atoms in total. The van der Waals surface area contributed by atoms with Gasteiger partial charge in [-0.1, -0.05) is 26.3 Å². The minimum absolute atomic E-state index is 0.253. The van der Waals surface area contributed by atoms with E-state index >= 15 is 0 Å². The van der Waals surface area contributed by atoms with Gasteiger partial charge in [-0.2, -0.15) is 5.10 Å². The van der Waals surface area contributed by atoms with Crippen molar-refractivity contribution in [1.82, 2.24) is 25.4 Å². The Morgan fingerprint density at radius 2 is 2.04 bits per heavy atom. The summed E-state index contributed by atoms with van der Waals surface area (Å²) in [7, 11) is 0. The van der Waals surface area contributed by atoms with Crippen LogP contribution in [0.25, 0.3) is 5.82 Å². The van der Waals surface area contributed by atoms with Crippen molar-refractivity contribution in [3.05, 3.63) is 41.9 Å². The molecule has 0 aromatic carbocycles. The fourth-order valence-electron chi connectivity index (χ4n) is 2.36. The third kappa shape index (κ3) is 5.63. The Morgan fingerprint density at radius 3 is 2.70 bits per heavy atom. The van der Waals surface area contributed by atoms with Gasteiger partial charge in [-0.25, -0.2) is 19.3 Å². The monoisotopic (exact) mass is 373 g/mol. The topological polar surface area (TPSA) is 115 Å². The maximum Gasteiger partial charge on any atom is 0.342 e. The van der Waals surface area contributed by atoms with Crippen LogP contribution < -0.4 is 10.6 Å². The second-order valence-corrected chi connectivity index (χ2v) is 5.69. The molecule has 2 aromatic heterocycles. The molecule has 2 aromatic rings. The highest BCUT2D eigenvalue weighted by Crippen LogP contribution is 2.15. The number of hydrogen-bond donors (Lipinski definition) is 2. The number of amides is 3. The third-order valence-corrected chi connectivity index (χ3v) is 3.69. The molecule has 144 valence electrons. The average Bonchev–Trinajstić information content (AvgIpc) is 3.11. The standard InChI is InChI=1S/C18H23N5O4/c1-3-5-9-20-18(26)22-16(24)12-27-17(25)13-11-21-23(14(13)4-2)15-8-6-7-10-19-15/h6-8,10-11H,3-5,9,12H2,1-2H3,(H2,20,22,24,26). The van der Waals surface area contributed by atoms with Gasteiger partial charge in [0.15, 0.2) is 12.4 Å². The first-order valence-electron chi connectivity index (χ1n) is 8.79. The molecule has 2 N–H and O–H groups in total. The van der Waals surface area contributed by atoms with Crippen molar-refractivity contribution in [1.29, 1.82) is 0 Å². The predicted octanol–water partition coefficient (Wildman–Crippen LogP) is 1.61. The maximum absolute atomic E-state index is 12.3. The van der Waals surface area contributed by atoms with E-state index < -0.39 is 24.5 Å². The number of nitrogens with one attached hydrogen (secondary N) is 2. The molecule has 27 heavy (non-hydrogen) atoms. The molecule has 0 bridgehead atoms. The summed E-state index contributed by atoms with van der Waals surface area (Å²) in [6.45, 7) is 3.78. The number of ether oxygens (including phenoxy) is 1. The summed E-state index contributed by atoms with van der Waals surface area (Å²) in [6.07, 6.45) is 5.27. The van der Waals surface area contributed by atoms with Crippen molar-refractivity contribution in [3.63, 3.8) is 0 Å². The van der Waals surface area contributed by atoms with Crippen LogP contribution in [0.4, 0.5) is 4.79 Å². The van der Waals surface area contributed by atoms with Gasteiger partial charge in [0.05, 0.1) is 11.9 Å². The van der Waals surface area contributed by atoms with Crippen molar-refractivity contribution in [2.24, 2.45) is 0 Å². The van der Waals surface area contributed by atoms with Gasteiger partial charge < -0.3 is 10.1 Å². The molecular weight excluding hydrogens is 350 g/mol. The Kier molecular flexibility index (Phi) is 7.48. The smallest absolute Gasteiger partial charge is 0.342 e. The van der Waals surface area contributed by atoms with Crippen LogP contribution in [-0.4, -0.2) is 45.8 Å². The van der Waals surface area contributed by atoms with Crippen LogP contribution in [-0.2, 0) is 16.0 Å². The summed E-state index contributed by atoms with van der Waals surface area (Å²) in [5.74, 6) is -0.807. The van der Waals surface area contributed by atoms with Crippen LogP contribution in [0.15, 0.2) is 30.6 Å². The van der Waals surface area contributed by atoms with Gasteiger partial charge in [0.1, 0.15) is 5.56 Å². The summed E-state index contributed by atoms with van der Waals surface area (Å²) in [5, 5.41) is 8.83. The molecule has 3 amide bonds. The molecule has 0 aliphatic heterocycles. The number of aromatic nitrogens is 3. The van der Waals surface area contributed by atoms with Gasteiger partial charge in [0, 0.05) is 12.7 Å². The van der Waals surface area contributed by atoms with E-state index in [0.29, 0.717) is 24.5 Å². The van der Waals surface area contributed by atoms with Crippen molar-refractivity contribution < 1.29 is 19.1 Å². The Morgan fingerprint density at radius 1 is 1.22 bits per heavy atom. The Labute approximate surface area is 157 Å². The molecule has 2 heterocycles. The molecule has 0 aliphatic carbocycles. The lowest BCUT2D eigenvalue weighted by Gasteiger charge is -2.08. The first-order chi connectivity index (χ1) is 13.1. The fourth-order valence-corrected chi connectivity index (χ4v) is 2.36. The summed E-state index contributed by atoms with van der Waals surface area (Å²) >= 11 is 0. The quantitative estimate of drug-likeness (QED) is 0.537. The zero-order chi connectivity index (χ0) is 19.6. The van der Waals surface area contributed by atoms with Crippen LogP contribution >= 0.6 is 0 Å². The fraction of sp³-hybridized carbons (Fsp3) is 0.389. The third-order valence-electron chi connectivity index (χ3n) is 3.69. The van der Waals surface area contributed by atoms with Crippen LogP contribution in [0.2, 0.25) is 0 Å². The molecule has 2 rings (SSSR count). The maximum atomic E-state index is 12.3. The number of carbonyl (C=O) groups excluding carboxylic acids is 3. The van der Waals surface area contributed by atoms with Crippen molar-refractivity contribution in [3.8, 4) is 5.82 Å². The number of imide groups is 1. The Bertz CT molecular complexity index is 788. The zero-order valence-corrected chi connectivity index (χ0v) is 15.4. The first kappa shape index (κ1) is 20.1. The van der Waals surface area contributed by atoms with E-state index in [4.69, 9.17) is 4.74 Å². The summed E-state index contributed by atoms with van der Waals surface area (Å²) in [6, 6.07) is 4.76. The highest BCUT2D eigenvalue weighted by Gasteiger charge is 2.20. The van der Waals surface area contributed by atoms with Crippen LogP contribution in [0.1, 0.15) is 42.7 Å². The van der Waals surface area contributed by atoms with Crippen molar-refractivity contribution in [2.45, 2.75) is 33.1 Å². The van der Waals surface area contributed by atoms with E-state index in [-0.39, 0.29) is 5.56 Å².